The van der Waals surface area contributed by atoms with Crippen molar-refractivity contribution in [3.05, 3.63) is 72.1 Å². The van der Waals surface area contributed by atoms with Gasteiger partial charge in [0.2, 0.25) is 5.91 Å². The predicted octanol–water partition coefficient (Wildman–Crippen LogP) is 4.43. The second-order valence-electron chi connectivity index (χ2n) is 9.45. The SMILES string of the molecule is CN(C)c1ccc(CC(=O)N[C@@H](CCCCCC(O)NO)c2nc3c(ccc4ccccc43)[nH]2)cc1. The van der Waals surface area contributed by atoms with Gasteiger partial charge in [-0.2, -0.15) is 5.48 Å². The number of anilines is 1. The molecule has 0 aliphatic heterocycles. The number of imidazole rings is 1. The Morgan fingerprint density at radius 2 is 1.75 bits per heavy atom. The summed E-state index contributed by atoms with van der Waals surface area (Å²) >= 11 is 0. The van der Waals surface area contributed by atoms with Gasteiger partial charge in [-0.05, 0) is 48.4 Å². The zero-order valence-corrected chi connectivity index (χ0v) is 20.9. The van der Waals surface area contributed by atoms with Crippen LogP contribution in [-0.2, 0) is 11.2 Å². The fraction of sp³-hybridized carbons (Fsp3) is 0.357. The fourth-order valence-corrected chi connectivity index (χ4v) is 4.48. The maximum Gasteiger partial charge on any atom is 0.225 e. The Kier molecular flexibility index (Phi) is 8.53. The molecule has 5 N–H and O–H groups in total. The number of hydrogen-bond acceptors (Lipinski definition) is 6. The zero-order chi connectivity index (χ0) is 25.5. The van der Waals surface area contributed by atoms with E-state index in [1.165, 1.54) is 0 Å². The van der Waals surface area contributed by atoms with Crippen LogP contribution in [0.1, 0.15) is 49.5 Å². The number of aromatic nitrogens is 2. The molecule has 0 spiro atoms. The summed E-state index contributed by atoms with van der Waals surface area (Å²) in [5.74, 6) is 0.692. The van der Waals surface area contributed by atoms with Gasteiger partial charge in [0.15, 0.2) is 0 Å². The zero-order valence-electron chi connectivity index (χ0n) is 20.9. The Hall–Kier alpha value is -3.46. The quantitative estimate of drug-likeness (QED) is 0.114. The summed E-state index contributed by atoms with van der Waals surface area (Å²) in [5, 5.41) is 23.7. The van der Waals surface area contributed by atoms with Crippen LogP contribution in [0.15, 0.2) is 60.7 Å². The number of hydroxylamine groups is 1. The number of nitrogens with zero attached hydrogens (tertiary/aromatic N) is 2. The molecule has 0 aliphatic rings. The molecule has 0 aliphatic carbocycles. The molecule has 0 saturated heterocycles. The van der Waals surface area contributed by atoms with E-state index < -0.39 is 6.23 Å². The first-order chi connectivity index (χ1) is 17.4. The third-order valence-electron chi connectivity index (χ3n) is 6.50. The van der Waals surface area contributed by atoms with Crippen LogP contribution < -0.4 is 15.7 Å². The highest BCUT2D eigenvalue weighted by molar-refractivity contribution is 6.04. The fourth-order valence-electron chi connectivity index (χ4n) is 4.48. The van der Waals surface area contributed by atoms with Crippen LogP contribution >= 0.6 is 0 Å². The normalized spacial score (nSPS) is 13.1. The summed E-state index contributed by atoms with van der Waals surface area (Å²) in [6.45, 7) is 0. The molecule has 1 aromatic heterocycles. The molecule has 0 fully saturated rings. The number of unbranched alkanes of at least 4 members (excludes halogenated alkanes) is 2. The standard InChI is InChI=1S/C28H35N5O3/c1-33(2)21-15-12-19(13-16-21)18-26(35)29-24(10-4-3-5-11-25(34)32-36)28-30-23-17-14-20-8-6-7-9-22(20)27(23)31-28/h6-9,12-17,24-25,32,34,36H,3-5,10-11,18H2,1-2H3,(H,29,35)(H,30,31)/t24-,25?/m0/s1. The van der Waals surface area contributed by atoms with E-state index in [1.54, 1.807) is 0 Å². The number of rotatable bonds is 12. The van der Waals surface area contributed by atoms with Gasteiger partial charge in [-0.15, -0.1) is 0 Å². The van der Waals surface area contributed by atoms with Crippen molar-refractivity contribution in [1.29, 1.82) is 0 Å². The highest BCUT2D eigenvalue weighted by atomic mass is 16.5. The monoisotopic (exact) mass is 489 g/mol. The summed E-state index contributed by atoms with van der Waals surface area (Å²) in [4.78, 5) is 23.4. The van der Waals surface area contributed by atoms with Crippen molar-refractivity contribution in [3.63, 3.8) is 0 Å². The summed E-state index contributed by atoms with van der Waals surface area (Å²) in [6.07, 6.45) is 3.03. The summed E-state index contributed by atoms with van der Waals surface area (Å²) in [7, 11) is 3.98. The Labute approximate surface area is 211 Å². The minimum atomic E-state index is -0.914. The number of amides is 1. The van der Waals surface area contributed by atoms with E-state index in [0.29, 0.717) is 19.3 Å². The summed E-state index contributed by atoms with van der Waals surface area (Å²) in [5.41, 5.74) is 5.75. The molecular formula is C28H35N5O3. The second-order valence-corrected chi connectivity index (χ2v) is 9.45. The molecule has 0 radical (unpaired) electrons. The van der Waals surface area contributed by atoms with Crippen LogP contribution in [-0.4, -0.2) is 46.5 Å². The molecule has 8 heteroatoms. The van der Waals surface area contributed by atoms with Crippen LogP contribution in [0.5, 0.6) is 0 Å². The van der Waals surface area contributed by atoms with Gasteiger partial charge in [-0.1, -0.05) is 55.3 Å². The average molecular weight is 490 g/mol. The first kappa shape index (κ1) is 25.6. The Bertz CT molecular complexity index is 1290. The van der Waals surface area contributed by atoms with Crippen molar-refractivity contribution in [1.82, 2.24) is 20.8 Å². The minimum absolute atomic E-state index is 0.0529. The number of carbonyl (C=O) groups excluding carboxylic acids is 1. The van der Waals surface area contributed by atoms with Crippen molar-refractivity contribution in [2.24, 2.45) is 0 Å². The summed E-state index contributed by atoms with van der Waals surface area (Å²) < 4.78 is 0. The average Bonchev–Trinajstić information content (AvgIpc) is 3.33. The molecule has 1 amide bonds. The van der Waals surface area contributed by atoms with Crippen molar-refractivity contribution in [2.75, 3.05) is 19.0 Å². The second kappa shape index (κ2) is 12.0. The molecular weight excluding hydrogens is 454 g/mol. The minimum Gasteiger partial charge on any atom is -0.378 e. The van der Waals surface area contributed by atoms with Crippen molar-refractivity contribution >= 4 is 33.4 Å². The van der Waals surface area contributed by atoms with E-state index in [9.17, 15) is 9.90 Å². The molecule has 190 valence electrons. The molecule has 36 heavy (non-hydrogen) atoms. The molecule has 0 saturated carbocycles. The highest BCUT2D eigenvalue weighted by Crippen LogP contribution is 2.27. The highest BCUT2D eigenvalue weighted by Gasteiger charge is 2.19. The topological polar surface area (TPSA) is 114 Å². The van der Waals surface area contributed by atoms with Gasteiger partial charge in [0.1, 0.15) is 12.1 Å². The van der Waals surface area contributed by atoms with Gasteiger partial charge < -0.3 is 25.5 Å². The Morgan fingerprint density at radius 1 is 1.00 bits per heavy atom. The van der Waals surface area contributed by atoms with Gasteiger partial charge >= 0.3 is 0 Å². The van der Waals surface area contributed by atoms with Crippen LogP contribution in [0.4, 0.5) is 5.69 Å². The van der Waals surface area contributed by atoms with Crippen LogP contribution in [0.25, 0.3) is 21.8 Å². The van der Waals surface area contributed by atoms with Crippen molar-refractivity contribution in [3.8, 4) is 0 Å². The van der Waals surface area contributed by atoms with Crippen LogP contribution in [0, 0.1) is 0 Å². The molecule has 4 rings (SSSR count). The van der Waals surface area contributed by atoms with Gasteiger partial charge in [-0.3, -0.25) is 4.79 Å². The predicted molar refractivity (Wildman–Crippen MR) is 143 cm³/mol. The van der Waals surface area contributed by atoms with Crippen LogP contribution in [0.2, 0.25) is 0 Å². The largest absolute Gasteiger partial charge is 0.378 e. The molecule has 1 heterocycles. The maximum absolute atomic E-state index is 13.0. The molecule has 1 unspecified atom stereocenters. The molecule has 0 bridgehead atoms. The number of fused-ring (bicyclic) bond motifs is 3. The molecule has 2 atom stereocenters. The molecule has 8 nitrogen and oxygen atoms in total. The van der Waals surface area contributed by atoms with Crippen LogP contribution in [0.3, 0.4) is 0 Å². The van der Waals surface area contributed by atoms with E-state index in [0.717, 1.165) is 58.1 Å². The lowest BCUT2D eigenvalue weighted by atomic mass is 10.1. The van der Waals surface area contributed by atoms with Gasteiger partial charge in [-0.25, -0.2) is 4.98 Å². The number of benzene rings is 3. The Morgan fingerprint density at radius 3 is 2.50 bits per heavy atom. The van der Waals surface area contributed by atoms with Gasteiger partial charge in [0.05, 0.1) is 23.5 Å². The van der Waals surface area contributed by atoms with Crippen molar-refractivity contribution in [2.45, 2.75) is 50.8 Å². The van der Waals surface area contributed by atoms with E-state index in [2.05, 4.69) is 28.5 Å². The van der Waals surface area contributed by atoms with E-state index in [-0.39, 0.29) is 11.9 Å². The van der Waals surface area contributed by atoms with E-state index >= 15 is 0 Å². The lowest BCUT2D eigenvalue weighted by Crippen LogP contribution is -2.30. The number of hydrogen-bond donors (Lipinski definition) is 5. The van der Waals surface area contributed by atoms with Crippen molar-refractivity contribution < 1.29 is 15.1 Å². The lowest BCUT2D eigenvalue weighted by Gasteiger charge is -2.17. The van der Waals surface area contributed by atoms with Gasteiger partial charge in [0, 0.05) is 25.2 Å². The lowest BCUT2D eigenvalue weighted by molar-refractivity contribution is -0.121. The third kappa shape index (κ3) is 6.40. The smallest absolute Gasteiger partial charge is 0.225 e. The third-order valence-corrected chi connectivity index (χ3v) is 6.50. The molecule has 4 aromatic rings. The number of carbonyl (C=O) groups is 1. The number of aromatic amines is 1. The number of aliphatic hydroxyl groups is 1. The van der Waals surface area contributed by atoms with E-state index in [4.69, 9.17) is 10.2 Å². The number of aliphatic hydroxyl groups excluding tert-OH is 1. The first-order valence-corrected chi connectivity index (χ1v) is 12.5. The number of H-pyrrole nitrogens is 1. The first-order valence-electron chi connectivity index (χ1n) is 12.5. The van der Waals surface area contributed by atoms with Gasteiger partial charge in [0.25, 0.3) is 0 Å². The summed E-state index contributed by atoms with van der Waals surface area (Å²) in [6, 6.07) is 20.0. The maximum atomic E-state index is 13.0. The number of nitrogens with one attached hydrogen (secondary N) is 3. The van der Waals surface area contributed by atoms with E-state index in [1.807, 2.05) is 66.9 Å². The molecule has 3 aromatic carbocycles. The Balaban J connectivity index is 1.49.